The van der Waals surface area contributed by atoms with Gasteiger partial charge in [-0.1, -0.05) is 36.8 Å². The van der Waals surface area contributed by atoms with Gasteiger partial charge in [0, 0.05) is 4.91 Å². The number of rotatable bonds is 2. The molecule has 2 aromatic rings. The molecule has 0 bridgehead atoms. The van der Waals surface area contributed by atoms with Gasteiger partial charge in [0.15, 0.2) is 0 Å². The molecule has 2 aromatic carbocycles. The fraction of sp³-hybridized carbons (Fsp3) is 0.350. The normalized spacial score (nSPS) is 22.1. The van der Waals surface area contributed by atoms with Crippen molar-refractivity contribution >= 4 is 5.70 Å². The molecule has 4 nitrogen and oxygen atoms in total. The summed E-state index contributed by atoms with van der Waals surface area (Å²) in [6.45, 7) is 2.89. The standard InChI is InChI=1S/C20H20N3O/c24-23-18(13-22-11-4-1-5-12-22)21-17-10-6-9-15-14-7-2-3-8-16(14)20(23)19(15)17/h2-3,6-10,18H,1,4-5,11-13H2/q+1. The number of hydrogen-bond acceptors (Lipinski definition) is 3. The van der Waals surface area contributed by atoms with E-state index < -0.39 is 0 Å². The van der Waals surface area contributed by atoms with Crippen molar-refractivity contribution in [3.63, 3.8) is 0 Å². The average molecular weight is 318 g/mol. The van der Waals surface area contributed by atoms with E-state index in [1.54, 1.807) is 0 Å². The van der Waals surface area contributed by atoms with Crippen LogP contribution in [-0.2, 0) is 0 Å². The average Bonchev–Trinajstić information content (AvgIpc) is 2.97. The summed E-state index contributed by atoms with van der Waals surface area (Å²) in [6.07, 6.45) is 3.42. The van der Waals surface area contributed by atoms with Crippen LogP contribution in [0, 0.1) is 4.91 Å². The second-order valence-electron chi connectivity index (χ2n) is 6.89. The second-order valence-corrected chi connectivity index (χ2v) is 6.89. The fourth-order valence-electron chi connectivity index (χ4n) is 4.26. The Balaban J connectivity index is 1.63. The van der Waals surface area contributed by atoms with Crippen molar-refractivity contribution in [3.05, 3.63) is 63.5 Å². The maximum atomic E-state index is 13.1. The number of likely N-dealkylation sites (tertiary alicyclic amines) is 1. The molecule has 2 heterocycles. The van der Waals surface area contributed by atoms with Crippen molar-refractivity contribution in [1.82, 2.24) is 4.90 Å². The van der Waals surface area contributed by atoms with E-state index in [0.29, 0.717) is 0 Å². The molecule has 1 unspecified atom stereocenters. The molecule has 24 heavy (non-hydrogen) atoms. The molecule has 0 saturated carbocycles. The van der Waals surface area contributed by atoms with Gasteiger partial charge in [-0.2, -0.15) is 0 Å². The maximum Gasteiger partial charge on any atom is 0.312 e. The first-order chi connectivity index (χ1) is 11.8. The van der Waals surface area contributed by atoms with Crippen LogP contribution < -0.4 is 10.6 Å². The van der Waals surface area contributed by atoms with Crippen molar-refractivity contribution in [2.45, 2.75) is 25.4 Å². The summed E-state index contributed by atoms with van der Waals surface area (Å²) in [5.41, 5.74) is 4.15. The highest BCUT2D eigenvalue weighted by Crippen LogP contribution is 2.32. The Kier molecular flexibility index (Phi) is 3.13. The maximum absolute atomic E-state index is 13.1. The van der Waals surface area contributed by atoms with Gasteiger partial charge in [-0.25, -0.2) is 4.99 Å². The van der Waals surface area contributed by atoms with E-state index in [9.17, 15) is 4.91 Å². The first kappa shape index (κ1) is 14.1. The third-order valence-electron chi connectivity index (χ3n) is 5.40. The molecule has 0 N–H and O–H groups in total. The second kappa shape index (κ2) is 5.35. The Morgan fingerprint density at radius 1 is 0.958 bits per heavy atom. The van der Waals surface area contributed by atoms with Crippen molar-refractivity contribution in [2.75, 3.05) is 19.6 Å². The molecular formula is C20H20N3O+. The van der Waals surface area contributed by atoms with E-state index in [0.717, 1.165) is 57.4 Å². The third kappa shape index (κ3) is 1.99. The number of nitroso groups, excluding NO2 is 1. The number of hydrogen-bond donors (Lipinski definition) is 0. The molecule has 0 amide bonds. The van der Waals surface area contributed by atoms with Gasteiger partial charge >= 0.3 is 6.17 Å². The number of fused-ring (bicyclic) bond motifs is 3. The van der Waals surface area contributed by atoms with Crippen molar-refractivity contribution in [2.24, 2.45) is 4.99 Å². The topological polar surface area (TPSA) is 35.7 Å². The molecule has 0 radical (unpaired) electrons. The SMILES string of the molecule is O=[N+]1C2=c3c(cccc3=NC1CN1CCCCC1)-c1ccccc12. The zero-order valence-corrected chi connectivity index (χ0v) is 13.6. The number of piperidine rings is 1. The molecule has 3 aliphatic rings. The Hall–Kier alpha value is -2.33. The van der Waals surface area contributed by atoms with Gasteiger partial charge in [-0.05, 0) is 49.2 Å². The fourth-order valence-corrected chi connectivity index (χ4v) is 4.26. The summed E-state index contributed by atoms with van der Waals surface area (Å²) in [4.78, 5) is 20.3. The van der Waals surface area contributed by atoms with Crippen LogP contribution in [0.4, 0.5) is 0 Å². The minimum atomic E-state index is -0.341. The van der Waals surface area contributed by atoms with Crippen molar-refractivity contribution in [1.29, 1.82) is 0 Å². The van der Waals surface area contributed by atoms with Crippen molar-refractivity contribution < 1.29 is 4.76 Å². The van der Waals surface area contributed by atoms with E-state index in [2.05, 4.69) is 29.2 Å². The van der Waals surface area contributed by atoms with Gasteiger partial charge in [0.25, 0.3) is 5.70 Å². The zero-order valence-electron chi connectivity index (χ0n) is 13.6. The molecule has 1 atom stereocenters. The Bertz CT molecular complexity index is 957. The van der Waals surface area contributed by atoms with Crippen LogP contribution in [0.5, 0.6) is 0 Å². The molecule has 5 rings (SSSR count). The lowest BCUT2D eigenvalue weighted by Gasteiger charge is -2.26. The monoisotopic (exact) mass is 318 g/mol. The largest absolute Gasteiger partial charge is 0.312 e. The molecule has 1 aliphatic carbocycles. The molecule has 1 saturated heterocycles. The summed E-state index contributed by atoms with van der Waals surface area (Å²) < 4.78 is 1.16. The highest BCUT2D eigenvalue weighted by Gasteiger charge is 2.40. The summed E-state index contributed by atoms with van der Waals surface area (Å²) >= 11 is 0. The molecule has 0 aromatic heterocycles. The van der Waals surface area contributed by atoms with E-state index in [1.807, 2.05) is 18.2 Å². The third-order valence-corrected chi connectivity index (χ3v) is 5.40. The van der Waals surface area contributed by atoms with Gasteiger partial charge in [-0.15, -0.1) is 0 Å². The number of benzene rings is 2. The molecule has 2 aliphatic heterocycles. The molecule has 0 spiro atoms. The quantitative estimate of drug-likeness (QED) is 0.795. The Morgan fingerprint density at radius 2 is 1.71 bits per heavy atom. The lowest BCUT2D eigenvalue weighted by molar-refractivity contribution is -0.500. The summed E-state index contributed by atoms with van der Waals surface area (Å²) in [5.74, 6) is 0. The highest BCUT2D eigenvalue weighted by molar-refractivity contribution is 5.86. The van der Waals surface area contributed by atoms with E-state index in [1.165, 1.54) is 19.3 Å². The molecule has 120 valence electrons. The summed E-state index contributed by atoms with van der Waals surface area (Å²) in [5, 5.41) is 1.98. The van der Waals surface area contributed by atoms with Gasteiger partial charge in [0.05, 0.1) is 27.4 Å². The van der Waals surface area contributed by atoms with Crippen LogP contribution in [0.25, 0.3) is 16.8 Å². The Morgan fingerprint density at radius 3 is 2.54 bits per heavy atom. The van der Waals surface area contributed by atoms with E-state index in [-0.39, 0.29) is 6.17 Å². The number of nitrogens with zero attached hydrogens (tertiary/aromatic N) is 3. The van der Waals surface area contributed by atoms with Gasteiger partial charge < -0.3 is 0 Å². The lowest BCUT2D eigenvalue weighted by Crippen LogP contribution is -2.46. The molecule has 1 fully saturated rings. The van der Waals surface area contributed by atoms with Crippen molar-refractivity contribution in [3.8, 4) is 11.1 Å². The van der Waals surface area contributed by atoms with Crippen LogP contribution in [0.1, 0.15) is 24.8 Å². The minimum absolute atomic E-state index is 0.341. The minimum Gasteiger partial charge on any atom is -0.295 e. The predicted octanol–water partition coefficient (Wildman–Crippen LogP) is 2.05. The molecule has 4 heteroatoms. The lowest BCUT2D eigenvalue weighted by atomic mass is 10.1. The highest BCUT2D eigenvalue weighted by atomic mass is 16.3. The smallest absolute Gasteiger partial charge is 0.295 e. The predicted molar refractivity (Wildman–Crippen MR) is 92.9 cm³/mol. The van der Waals surface area contributed by atoms with E-state index in [4.69, 9.17) is 4.99 Å². The summed E-state index contributed by atoms with van der Waals surface area (Å²) in [6, 6.07) is 14.4. The Labute approximate surface area is 140 Å². The van der Waals surface area contributed by atoms with Gasteiger partial charge in [0.1, 0.15) is 0 Å². The van der Waals surface area contributed by atoms with Crippen LogP contribution in [-0.4, -0.2) is 35.5 Å². The zero-order chi connectivity index (χ0) is 16.1. The molecular weight excluding hydrogens is 298 g/mol. The van der Waals surface area contributed by atoms with Gasteiger partial charge in [-0.3, -0.25) is 4.90 Å². The first-order valence-corrected chi connectivity index (χ1v) is 8.82. The van der Waals surface area contributed by atoms with Crippen LogP contribution in [0.15, 0.2) is 47.5 Å². The van der Waals surface area contributed by atoms with Gasteiger partial charge in [0.2, 0.25) is 0 Å². The van der Waals surface area contributed by atoms with E-state index >= 15 is 0 Å². The summed E-state index contributed by atoms with van der Waals surface area (Å²) in [7, 11) is 0. The van der Waals surface area contributed by atoms with Crippen LogP contribution >= 0.6 is 0 Å². The first-order valence-electron chi connectivity index (χ1n) is 8.82. The van der Waals surface area contributed by atoms with Crippen LogP contribution in [0.2, 0.25) is 0 Å². The van der Waals surface area contributed by atoms with Crippen LogP contribution in [0.3, 0.4) is 0 Å².